The number of hydrogen-bond acceptors (Lipinski definition) is 9. The highest BCUT2D eigenvalue weighted by molar-refractivity contribution is 6.71. The number of nitrogens with zero attached hydrogens (tertiary/aromatic N) is 4. The van der Waals surface area contributed by atoms with Gasteiger partial charge >= 0.3 is 0 Å². The van der Waals surface area contributed by atoms with Gasteiger partial charge in [0.25, 0.3) is 17.5 Å². The Balaban J connectivity index is 1.08. The van der Waals surface area contributed by atoms with Gasteiger partial charge in [-0.3, -0.25) is 29.4 Å². The fraction of sp³-hybridized carbons (Fsp3) is 0.283. The van der Waals surface area contributed by atoms with E-state index in [4.69, 9.17) is 9.47 Å². The first-order chi connectivity index (χ1) is 28.8. The fourth-order valence-corrected chi connectivity index (χ4v) is 12.5. The van der Waals surface area contributed by atoms with E-state index < -0.39 is 48.4 Å². The van der Waals surface area contributed by atoms with Gasteiger partial charge in [0.15, 0.2) is 19.7 Å². The molecule has 4 aliphatic heterocycles. The zero-order valence-corrected chi connectivity index (χ0v) is 34.4. The van der Waals surface area contributed by atoms with Crippen LogP contribution in [0.5, 0.6) is 11.5 Å². The molecular weight excluding hydrogens is 781 g/mol. The van der Waals surface area contributed by atoms with Crippen molar-refractivity contribution in [3.8, 4) is 11.5 Å². The second-order valence-electron chi connectivity index (χ2n) is 16.6. The predicted octanol–water partition coefficient (Wildman–Crippen LogP) is 7.36. The molecule has 306 valence electrons. The van der Waals surface area contributed by atoms with Crippen molar-refractivity contribution in [2.75, 3.05) is 16.4 Å². The van der Waals surface area contributed by atoms with Crippen LogP contribution in [0.2, 0.25) is 18.6 Å². The van der Waals surface area contributed by atoms with Crippen molar-refractivity contribution in [1.82, 2.24) is 4.90 Å². The Morgan fingerprint density at radius 1 is 0.900 bits per heavy atom. The minimum absolute atomic E-state index is 0.0195. The SMILES string of the molecule is C[C@H]1[C@H]([Si](C)(C)O)[C@@H](CC(=O)N2Cc3ccccc3C[C@H]2CO)O[C@]12C(=O)N(Cc1cccc(N3C(=O)c4ccccc4Oc4ccccc43)c1)c1ccc([N+](=O)[O-])cc12. The summed E-state index contributed by atoms with van der Waals surface area (Å²) in [6, 6.07) is 33.2. The van der Waals surface area contributed by atoms with Crippen LogP contribution in [0.3, 0.4) is 0 Å². The van der Waals surface area contributed by atoms with Gasteiger partial charge in [0, 0.05) is 41.4 Å². The number of carbonyl (C=O) groups excluding carboxylic acids is 3. The molecule has 3 amide bonds. The molecule has 5 aromatic carbocycles. The Bertz CT molecular complexity index is 2580. The van der Waals surface area contributed by atoms with Gasteiger partial charge in [0.1, 0.15) is 5.75 Å². The van der Waals surface area contributed by atoms with Crippen molar-refractivity contribution in [1.29, 1.82) is 0 Å². The first-order valence-corrected chi connectivity index (χ1v) is 23.1. The van der Waals surface area contributed by atoms with Crippen molar-refractivity contribution < 1.29 is 38.7 Å². The smallest absolute Gasteiger partial charge is 0.269 e. The number of aliphatic hydroxyl groups is 1. The van der Waals surface area contributed by atoms with Crippen molar-refractivity contribution in [2.45, 2.75) is 69.2 Å². The maximum atomic E-state index is 15.3. The number of hydrogen-bond donors (Lipinski definition) is 2. The van der Waals surface area contributed by atoms with Crippen LogP contribution < -0.4 is 14.5 Å². The molecule has 14 heteroatoms. The number of amides is 3. The maximum Gasteiger partial charge on any atom is 0.269 e. The molecule has 4 heterocycles. The molecule has 4 aliphatic rings. The average Bonchev–Trinajstić information content (AvgIpc) is 3.61. The van der Waals surface area contributed by atoms with Crippen LogP contribution in [-0.2, 0) is 39.4 Å². The van der Waals surface area contributed by atoms with Crippen LogP contribution in [0.15, 0.2) is 115 Å². The van der Waals surface area contributed by atoms with Crippen LogP contribution in [0.25, 0.3) is 0 Å². The largest absolute Gasteiger partial charge is 0.454 e. The summed E-state index contributed by atoms with van der Waals surface area (Å²) in [5, 5.41) is 22.6. The quantitative estimate of drug-likeness (QED) is 0.0925. The first kappa shape index (κ1) is 39.3. The number of carbonyl (C=O) groups is 3. The molecule has 0 bridgehead atoms. The summed E-state index contributed by atoms with van der Waals surface area (Å²) < 4.78 is 13.1. The predicted molar refractivity (Wildman–Crippen MR) is 226 cm³/mol. The number of benzene rings is 5. The van der Waals surface area contributed by atoms with Gasteiger partial charge in [0.2, 0.25) is 5.91 Å². The van der Waals surface area contributed by atoms with E-state index in [1.54, 1.807) is 82.4 Å². The van der Waals surface area contributed by atoms with Gasteiger partial charge in [-0.25, -0.2) is 0 Å². The minimum atomic E-state index is -3.21. The van der Waals surface area contributed by atoms with Gasteiger partial charge < -0.3 is 29.2 Å². The molecule has 0 aliphatic carbocycles. The van der Waals surface area contributed by atoms with Gasteiger partial charge in [-0.15, -0.1) is 0 Å². The number of nitro groups is 1. The number of fused-ring (bicyclic) bond motifs is 5. The van der Waals surface area contributed by atoms with Crippen molar-refractivity contribution >= 4 is 48.8 Å². The first-order valence-electron chi connectivity index (χ1n) is 20.1. The lowest BCUT2D eigenvalue weighted by Crippen LogP contribution is -2.48. The summed E-state index contributed by atoms with van der Waals surface area (Å²) in [6.07, 6.45) is -0.585. The van der Waals surface area contributed by atoms with E-state index in [9.17, 15) is 29.6 Å². The lowest BCUT2D eigenvalue weighted by molar-refractivity contribution is -0.385. The molecule has 2 N–H and O–H groups in total. The molecule has 5 aromatic rings. The van der Waals surface area contributed by atoms with Crippen LogP contribution >= 0.6 is 0 Å². The lowest BCUT2D eigenvalue weighted by Gasteiger charge is -2.37. The van der Waals surface area contributed by atoms with Crippen LogP contribution in [0, 0.1) is 16.0 Å². The fourth-order valence-electron chi connectivity index (χ4n) is 9.91. The third kappa shape index (κ3) is 6.38. The number of nitro benzene ring substituents is 1. The van der Waals surface area contributed by atoms with E-state index in [0.717, 1.165) is 11.1 Å². The number of anilines is 3. The summed E-state index contributed by atoms with van der Waals surface area (Å²) in [7, 11) is -3.21. The number of rotatable bonds is 8. The third-order valence-corrected chi connectivity index (χ3v) is 15.1. The highest BCUT2D eigenvalue weighted by atomic mass is 28.4. The van der Waals surface area contributed by atoms with Crippen LogP contribution in [0.1, 0.15) is 46.0 Å². The Kier molecular flexibility index (Phi) is 9.70. The summed E-state index contributed by atoms with van der Waals surface area (Å²) in [5.41, 5.74) is 2.28. The Morgan fingerprint density at radius 2 is 1.62 bits per heavy atom. The zero-order valence-electron chi connectivity index (χ0n) is 33.4. The molecule has 9 rings (SSSR count). The van der Waals surface area contributed by atoms with Gasteiger partial charge in [-0.1, -0.05) is 67.6 Å². The molecule has 1 saturated heterocycles. The van der Waals surface area contributed by atoms with E-state index in [-0.39, 0.29) is 37.1 Å². The van der Waals surface area contributed by atoms with E-state index in [2.05, 4.69) is 0 Å². The normalized spacial score (nSPS) is 23.1. The summed E-state index contributed by atoms with van der Waals surface area (Å²) in [5.74, 6) is -0.801. The number of para-hydroxylation sites is 3. The molecule has 1 fully saturated rings. The third-order valence-electron chi connectivity index (χ3n) is 12.6. The molecule has 1 spiro atoms. The van der Waals surface area contributed by atoms with E-state index in [1.165, 1.54) is 12.1 Å². The van der Waals surface area contributed by atoms with Crippen molar-refractivity contribution in [3.63, 3.8) is 0 Å². The standard InChI is InChI=1S/C46H44N4O9Si/c1-28-43(60(2,3)57)41(24-42(52)47-26-31-13-5-4-12-30(31)22-34(47)27-51)59-46(28)36-23-33(50(55)56)19-20-37(36)48(45(46)54)25-29-11-10-14-32(21-29)49-38-16-7-9-18-40(38)58-39-17-8-6-15-35(39)44(49)53/h4-21,23,28,34,41,43,51,57H,22,24-27H2,1-3H3/t28-,34-,41+,43-,46+/m0/s1. The molecule has 0 radical (unpaired) electrons. The van der Waals surface area contributed by atoms with E-state index in [1.807, 2.05) is 55.5 Å². The van der Waals surface area contributed by atoms with Gasteiger partial charge in [0.05, 0.1) is 53.6 Å². The van der Waals surface area contributed by atoms with Gasteiger partial charge in [-0.05, 0) is 78.7 Å². The van der Waals surface area contributed by atoms with E-state index in [0.29, 0.717) is 58.2 Å². The topological polar surface area (TPSA) is 163 Å². The molecule has 13 nitrogen and oxygen atoms in total. The van der Waals surface area contributed by atoms with Crippen molar-refractivity contribution in [3.05, 3.63) is 153 Å². The monoisotopic (exact) mass is 824 g/mol. The second-order valence-corrected chi connectivity index (χ2v) is 20.6. The van der Waals surface area contributed by atoms with Crippen LogP contribution in [-0.4, -0.2) is 64.5 Å². The molecule has 60 heavy (non-hydrogen) atoms. The van der Waals surface area contributed by atoms with E-state index >= 15 is 4.79 Å². The summed E-state index contributed by atoms with van der Waals surface area (Å²) in [4.78, 5) is 72.1. The number of non-ortho nitro benzene ring substituents is 1. The Labute approximate surface area is 347 Å². The Morgan fingerprint density at radius 3 is 2.37 bits per heavy atom. The number of aliphatic hydroxyl groups excluding tert-OH is 1. The molecule has 0 saturated carbocycles. The summed E-state index contributed by atoms with van der Waals surface area (Å²) in [6.45, 7) is 5.41. The average molecular weight is 825 g/mol. The highest BCUT2D eigenvalue weighted by Crippen LogP contribution is 2.60. The molecular formula is C46H44N4O9Si. The lowest BCUT2D eigenvalue weighted by atomic mass is 9.82. The highest BCUT2D eigenvalue weighted by Gasteiger charge is 2.67. The minimum Gasteiger partial charge on any atom is -0.454 e. The Hall–Kier alpha value is -6.19. The number of ether oxygens (including phenoxy) is 2. The molecule has 0 unspecified atom stereocenters. The van der Waals surface area contributed by atoms with Gasteiger partial charge in [-0.2, -0.15) is 0 Å². The maximum absolute atomic E-state index is 15.3. The molecule has 5 atom stereocenters. The molecule has 0 aromatic heterocycles. The second kappa shape index (κ2) is 14.8. The van der Waals surface area contributed by atoms with Crippen molar-refractivity contribution in [2.24, 2.45) is 5.92 Å². The van der Waals surface area contributed by atoms with Crippen LogP contribution in [0.4, 0.5) is 22.7 Å². The zero-order chi connectivity index (χ0) is 42.1. The summed E-state index contributed by atoms with van der Waals surface area (Å²) >= 11 is 0.